The molecule has 0 aliphatic rings. The van der Waals surface area contributed by atoms with Crippen LogP contribution in [-0.4, -0.2) is 24.0 Å². The molecule has 0 saturated heterocycles. The maximum absolute atomic E-state index is 12.1. The van der Waals surface area contributed by atoms with Crippen molar-refractivity contribution in [2.24, 2.45) is 0 Å². The average molecular weight is 275 g/mol. The predicted octanol–water partition coefficient (Wildman–Crippen LogP) is 3.03. The molecule has 1 rings (SSSR count). The fourth-order valence-corrected chi connectivity index (χ4v) is 1.23. The first-order chi connectivity index (χ1) is 8.79. The number of carbonyl (C=O) groups is 1. The molecule has 0 heterocycles. The Balaban J connectivity index is 2.74. The molecule has 0 fully saturated rings. The summed E-state index contributed by atoms with van der Waals surface area (Å²) in [7, 11) is 0. The average Bonchev–Trinajstić information content (AvgIpc) is 2.29. The number of hydrogen-bond acceptors (Lipinski definition) is 3. The Labute approximate surface area is 107 Å². The summed E-state index contributed by atoms with van der Waals surface area (Å²) in [5, 5.41) is 11.3. The van der Waals surface area contributed by atoms with Gasteiger partial charge in [0.1, 0.15) is 0 Å². The number of hydrogen-bond donors (Lipinski definition) is 2. The summed E-state index contributed by atoms with van der Waals surface area (Å²) < 4.78 is 40.3. The van der Waals surface area contributed by atoms with Crippen molar-refractivity contribution < 1.29 is 27.8 Å². The third-order valence-corrected chi connectivity index (χ3v) is 2.15. The van der Waals surface area contributed by atoms with Gasteiger partial charge in [-0.1, -0.05) is 18.2 Å². The summed E-state index contributed by atoms with van der Waals surface area (Å²) in [5.74, 6) is -1.45. The molecule has 1 aromatic rings. The first kappa shape index (κ1) is 14.9. The number of ether oxygens (including phenoxy) is 1. The largest absolute Gasteiger partial charge is 0.573 e. The van der Waals surface area contributed by atoms with Crippen molar-refractivity contribution in [2.75, 3.05) is 11.9 Å². The molecule has 7 heteroatoms. The van der Waals surface area contributed by atoms with E-state index in [2.05, 4.69) is 10.1 Å². The topological polar surface area (TPSA) is 58.6 Å². The number of benzene rings is 1. The SMILES string of the molecule is C/C(=C/CNc1ccccc1OC(F)(F)F)C(=O)O. The maximum atomic E-state index is 12.1. The molecule has 0 radical (unpaired) electrons. The van der Waals surface area contributed by atoms with Crippen LogP contribution in [0.25, 0.3) is 0 Å². The van der Waals surface area contributed by atoms with Gasteiger partial charge in [-0.05, 0) is 19.1 Å². The Bertz CT molecular complexity index is 483. The van der Waals surface area contributed by atoms with Crippen molar-refractivity contribution in [3.8, 4) is 5.75 Å². The van der Waals surface area contributed by atoms with Gasteiger partial charge in [0.25, 0.3) is 0 Å². The minimum Gasteiger partial charge on any atom is -0.478 e. The number of rotatable bonds is 5. The van der Waals surface area contributed by atoms with Gasteiger partial charge in [-0.15, -0.1) is 13.2 Å². The molecule has 0 amide bonds. The lowest BCUT2D eigenvalue weighted by atomic mass is 10.2. The van der Waals surface area contributed by atoms with E-state index in [1.165, 1.54) is 31.2 Å². The standard InChI is InChI=1S/C12H12F3NO3/c1-8(11(17)18)6-7-16-9-4-2-3-5-10(9)19-12(13,14)15/h2-6,16H,7H2,1H3,(H,17,18)/b8-6-. The van der Waals surface area contributed by atoms with Crippen LogP contribution in [-0.2, 0) is 4.79 Å². The normalized spacial score (nSPS) is 12.1. The second-order valence-corrected chi connectivity index (χ2v) is 3.62. The number of nitrogens with one attached hydrogen (secondary N) is 1. The lowest BCUT2D eigenvalue weighted by Gasteiger charge is -2.13. The van der Waals surface area contributed by atoms with Gasteiger partial charge in [0.15, 0.2) is 5.75 Å². The smallest absolute Gasteiger partial charge is 0.478 e. The van der Waals surface area contributed by atoms with E-state index in [1.807, 2.05) is 0 Å². The van der Waals surface area contributed by atoms with E-state index in [1.54, 1.807) is 6.07 Å². The first-order valence-electron chi connectivity index (χ1n) is 5.28. The second-order valence-electron chi connectivity index (χ2n) is 3.62. The molecular formula is C12H12F3NO3. The molecule has 104 valence electrons. The van der Waals surface area contributed by atoms with E-state index in [4.69, 9.17) is 5.11 Å². The van der Waals surface area contributed by atoms with Gasteiger partial charge >= 0.3 is 12.3 Å². The summed E-state index contributed by atoms with van der Waals surface area (Å²) in [5.41, 5.74) is 0.232. The fourth-order valence-electron chi connectivity index (χ4n) is 1.23. The van der Waals surface area contributed by atoms with E-state index in [9.17, 15) is 18.0 Å². The molecule has 0 bridgehead atoms. The quantitative estimate of drug-likeness (QED) is 0.811. The van der Waals surface area contributed by atoms with Gasteiger partial charge in [-0.25, -0.2) is 4.79 Å². The number of aliphatic carboxylic acids is 1. The van der Waals surface area contributed by atoms with Gasteiger partial charge in [0, 0.05) is 12.1 Å². The highest BCUT2D eigenvalue weighted by molar-refractivity contribution is 5.85. The zero-order valence-electron chi connectivity index (χ0n) is 9.99. The highest BCUT2D eigenvalue weighted by Crippen LogP contribution is 2.29. The molecule has 1 aromatic carbocycles. The third-order valence-electron chi connectivity index (χ3n) is 2.15. The Kier molecular flexibility index (Phi) is 4.80. The minimum atomic E-state index is -4.77. The highest BCUT2D eigenvalue weighted by Gasteiger charge is 2.31. The summed E-state index contributed by atoms with van der Waals surface area (Å²) in [6.07, 6.45) is -3.42. The minimum absolute atomic E-state index is 0.0797. The number of carboxylic acid groups (broad SMARTS) is 1. The van der Waals surface area contributed by atoms with Crippen LogP contribution in [0.15, 0.2) is 35.9 Å². The van der Waals surface area contributed by atoms with E-state index in [0.717, 1.165) is 0 Å². The molecule has 19 heavy (non-hydrogen) atoms. The van der Waals surface area contributed by atoms with Crippen molar-refractivity contribution in [1.29, 1.82) is 0 Å². The van der Waals surface area contributed by atoms with Gasteiger partial charge in [-0.3, -0.25) is 0 Å². The molecule has 4 nitrogen and oxygen atoms in total. The number of carboxylic acids is 1. The monoisotopic (exact) mass is 275 g/mol. The van der Waals surface area contributed by atoms with Crippen molar-refractivity contribution in [3.05, 3.63) is 35.9 Å². The zero-order chi connectivity index (χ0) is 14.5. The summed E-state index contributed by atoms with van der Waals surface area (Å²) in [6, 6.07) is 5.53. The van der Waals surface area contributed by atoms with E-state index in [-0.39, 0.29) is 23.6 Å². The number of halogens is 3. The van der Waals surface area contributed by atoms with Crippen LogP contribution in [0.4, 0.5) is 18.9 Å². The molecule has 0 unspecified atom stereocenters. The lowest BCUT2D eigenvalue weighted by molar-refractivity contribution is -0.274. The first-order valence-corrected chi connectivity index (χ1v) is 5.28. The molecular weight excluding hydrogens is 263 g/mol. The van der Waals surface area contributed by atoms with E-state index in [0.29, 0.717) is 0 Å². The summed E-state index contributed by atoms with van der Waals surface area (Å²) in [4.78, 5) is 10.5. The van der Waals surface area contributed by atoms with Crippen LogP contribution in [0.2, 0.25) is 0 Å². The highest BCUT2D eigenvalue weighted by atomic mass is 19.4. The van der Waals surface area contributed by atoms with Gasteiger partial charge in [-0.2, -0.15) is 0 Å². The van der Waals surface area contributed by atoms with Gasteiger partial charge in [0.05, 0.1) is 5.69 Å². The van der Waals surface area contributed by atoms with Crippen LogP contribution in [0.1, 0.15) is 6.92 Å². The predicted molar refractivity (Wildman–Crippen MR) is 63.0 cm³/mol. The van der Waals surface area contributed by atoms with Crippen molar-refractivity contribution in [3.63, 3.8) is 0 Å². The molecule has 0 spiro atoms. The molecule has 0 atom stereocenters. The summed E-state index contributed by atoms with van der Waals surface area (Å²) >= 11 is 0. The maximum Gasteiger partial charge on any atom is 0.573 e. The van der Waals surface area contributed by atoms with Gasteiger partial charge < -0.3 is 15.2 Å². The molecule has 2 N–H and O–H groups in total. The summed E-state index contributed by atoms with van der Waals surface area (Å²) in [6.45, 7) is 1.47. The molecule has 0 aromatic heterocycles. The van der Waals surface area contributed by atoms with Gasteiger partial charge in [0.2, 0.25) is 0 Å². The number of para-hydroxylation sites is 2. The lowest BCUT2D eigenvalue weighted by Crippen LogP contribution is -2.18. The van der Waals surface area contributed by atoms with E-state index >= 15 is 0 Å². The zero-order valence-corrected chi connectivity index (χ0v) is 9.99. The molecule has 0 aliphatic heterocycles. The third kappa shape index (κ3) is 5.33. The van der Waals surface area contributed by atoms with Crippen LogP contribution in [0.5, 0.6) is 5.75 Å². The van der Waals surface area contributed by atoms with Crippen LogP contribution in [0.3, 0.4) is 0 Å². The molecule has 0 saturated carbocycles. The number of alkyl halides is 3. The van der Waals surface area contributed by atoms with Crippen LogP contribution in [0, 0.1) is 0 Å². The van der Waals surface area contributed by atoms with Crippen molar-refractivity contribution >= 4 is 11.7 Å². The van der Waals surface area contributed by atoms with Crippen LogP contribution < -0.4 is 10.1 Å². The van der Waals surface area contributed by atoms with E-state index < -0.39 is 12.3 Å². The van der Waals surface area contributed by atoms with Crippen molar-refractivity contribution in [2.45, 2.75) is 13.3 Å². The Morgan fingerprint density at radius 1 is 1.42 bits per heavy atom. The van der Waals surface area contributed by atoms with Crippen LogP contribution >= 0.6 is 0 Å². The fraction of sp³-hybridized carbons (Fsp3) is 0.250. The Hall–Kier alpha value is -2.18. The Morgan fingerprint density at radius 3 is 2.63 bits per heavy atom. The molecule has 0 aliphatic carbocycles. The Morgan fingerprint density at radius 2 is 2.05 bits per heavy atom. The second kappa shape index (κ2) is 6.12. The number of anilines is 1. The van der Waals surface area contributed by atoms with Crippen molar-refractivity contribution in [1.82, 2.24) is 0 Å².